The Morgan fingerprint density at radius 2 is 1.78 bits per heavy atom. The zero-order chi connectivity index (χ0) is 17.6. The smallest absolute Gasteiger partial charge is 0.417 e. The molecular formula is C14H13BrF4N2OS. The van der Waals surface area contributed by atoms with E-state index in [-0.39, 0.29) is 21.9 Å². The van der Waals surface area contributed by atoms with Crippen LogP contribution in [-0.4, -0.2) is 21.8 Å². The zero-order valence-corrected chi connectivity index (χ0v) is 15.1. The Balaban J connectivity index is 2.86. The SMILES string of the molecule is CSc1nc(OC(C)(C)C)c2cc(C(F)(F)F)c(Br)c(F)c2n1. The molecule has 9 heteroatoms. The molecule has 0 bridgehead atoms. The summed E-state index contributed by atoms with van der Waals surface area (Å²) in [6, 6.07) is 0.799. The molecule has 1 aromatic heterocycles. The molecule has 0 spiro atoms. The molecule has 0 aliphatic carbocycles. The van der Waals surface area contributed by atoms with Crippen LogP contribution >= 0.6 is 27.7 Å². The van der Waals surface area contributed by atoms with Crippen molar-refractivity contribution >= 4 is 38.6 Å². The standard InChI is InChI=1S/C14H13BrF4N2OS/c1-13(2,3)22-11-6-5-7(14(17,18)19)8(15)9(16)10(6)20-12(21-11)23-4/h5H,1-4H3. The first-order valence-electron chi connectivity index (χ1n) is 6.44. The van der Waals surface area contributed by atoms with Gasteiger partial charge in [0.2, 0.25) is 5.88 Å². The van der Waals surface area contributed by atoms with E-state index in [4.69, 9.17) is 4.74 Å². The minimum atomic E-state index is -4.72. The van der Waals surface area contributed by atoms with Gasteiger partial charge in [-0.25, -0.2) is 9.37 Å². The third-order valence-electron chi connectivity index (χ3n) is 2.71. The Kier molecular flexibility index (Phi) is 4.83. The molecule has 1 heterocycles. The van der Waals surface area contributed by atoms with E-state index >= 15 is 0 Å². The van der Waals surface area contributed by atoms with Gasteiger partial charge < -0.3 is 4.74 Å². The number of benzene rings is 1. The van der Waals surface area contributed by atoms with Crippen molar-refractivity contribution in [3.63, 3.8) is 0 Å². The molecule has 0 amide bonds. The van der Waals surface area contributed by atoms with Crippen LogP contribution in [0.2, 0.25) is 0 Å². The number of hydrogen-bond donors (Lipinski definition) is 0. The highest BCUT2D eigenvalue weighted by Gasteiger charge is 2.36. The van der Waals surface area contributed by atoms with Gasteiger partial charge in [-0.05, 0) is 49.0 Å². The van der Waals surface area contributed by atoms with Gasteiger partial charge in [0.1, 0.15) is 11.1 Å². The fourth-order valence-corrected chi connectivity index (χ4v) is 2.71. The molecule has 0 saturated carbocycles. The molecule has 2 aromatic rings. The zero-order valence-electron chi connectivity index (χ0n) is 12.7. The van der Waals surface area contributed by atoms with Crippen molar-refractivity contribution in [1.29, 1.82) is 0 Å². The lowest BCUT2D eigenvalue weighted by Crippen LogP contribution is -2.24. The third-order valence-corrected chi connectivity index (χ3v) is 4.03. The van der Waals surface area contributed by atoms with E-state index in [1.807, 2.05) is 0 Å². The highest BCUT2D eigenvalue weighted by Crippen LogP contribution is 2.41. The molecule has 0 radical (unpaired) electrons. The fourth-order valence-electron chi connectivity index (χ4n) is 1.82. The van der Waals surface area contributed by atoms with E-state index in [1.165, 1.54) is 0 Å². The van der Waals surface area contributed by atoms with Gasteiger partial charge in [0.05, 0.1) is 15.4 Å². The summed E-state index contributed by atoms with van der Waals surface area (Å²) in [4.78, 5) is 8.05. The van der Waals surface area contributed by atoms with Gasteiger partial charge in [-0.3, -0.25) is 0 Å². The fraction of sp³-hybridized carbons (Fsp3) is 0.429. The topological polar surface area (TPSA) is 35.0 Å². The second-order valence-corrected chi connectivity index (χ2v) is 7.24. The lowest BCUT2D eigenvalue weighted by Gasteiger charge is -2.22. The molecule has 0 fully saturated rings. The second-order valence-electron chi connectivity index (χ2n) is 5.68. The average Bonchev–Trinajstić information content (AvgIpc) is 2.39. The van der Waals surface area contributed by atoms with Crippen LogP contribution in [0.1, 0.15) is 26.3 Å². The van der Waals surface area contributed by atoms with Crippen LogP contribution < -0.4 is 4.74 Å². The first kappa shape index (κ1) is 18.3. The average molecular weight is 413 g/mol. The van der Waals surface area contributed by atoms with Crippen molar-refractivity contribution in [2.24, 2.45) is 0 Å². The highest BCUT2D eigenvalue weighted by molar-refractivity contribution is 9.10. The van der Waals surface area contributed by atoms with E-state index in [1.54, 1.807) is 27.0 Å². The van der Waals surface area contributed by atoms with E-state index < -0.39 is 27.6 Å². The van der Waals surface area contributed by atoms with Crippen LogP contribution in [0, 0.1) is 5.82 Å². The maximum atomic E-state index is 14.4. The van der Waals surface area contributed by atoms with Gasteiger partial charge in [0, 0.05) is 0 Å². The quantitative estimate of drug-likeness (QED) is 0.373. The molecule has 2 rings (SSSR count). The van der Waals surface area contributed by atoms with E-state index in [2.05, 4.69) is 25.9 Å². The minimum absolute atomic E-state index is 0.0799. The van der Waals surface area contributed by atoms with Crippen molar-refractivity contribution in [1.82, 2.24) is 9.97 Å². The summed E-state index contributed by atoms with van der Waals surface area (Å²) in [6.07, 6.45) is -3.04. The van der Waals surface area contributed by atoms with Gasteiger partial charge >= 0.3 is 6.18 Å². The van der Waals surface area contributed by atoms with Crippen LogP contribution in [0.4, 0.5) is 17.6 Å². The van der Waals surface area contributed by atoms with Crippen LogP contribution in [0.15, 0.2) is 15.7 Å². The van der Waals surface area contributed by atoms with Crippen molar-refractivity contribution < 1.29 is 22.3 Å². The predicted octanol–water partition coefficient (Wildman–Crippen LogP) is 5.45. The minimum Gasteiger partial charge on any atom is -0.471 e. The van der Waals surface area contributed by atoms with Crippen LogP contribution in [-0.2, 0) is 6.18 Å². The number of hydrogen-bond acceptors (Lipinski definition) is 4. The first-order valence-corrected chi connectivity index (χ1v) is 8.46. The van der Waals surface area contributed by atoms with Crippen molar-refractivity contribution in [2.45, 2.75) is 37.7 Å². The molecule has 0 unspecified atom stereocenters. The third kappa shape index (κ3) is 3.88. The number of nitrogens with zero attached hydrogens (tertiary/aromatic N) is 2. The molecule has 0 aliphatic heterocycles. The number of fused-ring (bicyclic) bond motifs is 1. The Hall–Kier alpha value is -1.09. The molecule has 3 nitrogen and oxygen atoms in total. The summed E-state index contributed by atoms with van der Waals surface area (Å²) in [5.41, 5.74) is -2.07. The van der Waals surface area contributed by atoms with Crippen molar-refractivity contribution in [3.8, 4) is 5.88 Å². The Morgan fingerprint density at radius 3 is 2.26 bits per heavy atom. The molecule has 0 aliphatic rings. The van der Waals surface area contributed by atoms with Crippen LogP contribution in [0.3, 0.4) is 0 Å². The number of thioether (sulfide) groups is 1. The normalized spacial score (nSPS) is 12.7. The summed E-state index contributed by atoms with van der Waals surface area (Å²) in [5, 5.41) is 0.0908. The summed E-state index contributed by atoms with van der Waals surface area (Å²) in [7, 11) is 0. The summed E-state index contributed by atoms with van der Waals surface area (Å²) in [5.74, 6) is -1.17. The van der Waals surface area contributed by atoms with E-state index in [0.717, 1.165) is 17.8 Å². The number of aromatic nitrogens is 2. The molecule has 1 aromatic carbocycles. The maximum Gasteiger partial charge on any atom is 0.417 e. The highest BCUT2D eigenvalue weighted by atomic mass is 79.9. The lowest BCUT2D eigenvalue weighted by molar-refractivity contribution is -0.138. The van der Waals surface area contributed by atoms with Crippen molar-refractivity contribution in [2.75, 3.05) is 6.26 Å². The number of ether oxygens (including phenoxy) is 1. The van der Waals surface area contributed by atoms with Crippen LogP contribution in [0.5, 0.6) is 5.88 Å². The second kappa shape index (κ2) is 6.08. The van der Waals surface area contributed by atoms with E-state index in [0.29, 0.717) is 0 Å². The Labute approximate surface area is 143 Å². The molecule has 0 saturated heterocycles. The van der Waals surface area contributed by atoms with Gasteiger partial charge in [-0.15, -0.1) is 0 Å². The largest absolute Gasteiger partial charge is 0.471 e. The lowest BCUT2D eigenvalue weighted by atomic mass is 10.1. The first-order chi connectivity index (χ1) is 10.4. The van der Waals surface area contributed by atoms with Crippen LogP contribution in [0.25, 0.3) is 10.9 Å². The van der Waals surface area contributed by atoms with Gasteiger partial charge in [-0.1, -0.05) is 11.8 Å². The summed E-state index contributed by atoms with van der Waals surface area (Å²) >= 11 is 3.81. The monoisotopic (exact) mass is 412 g/mol. The Morgan fingerprint density at radius 1 is 1.17 bits per heavy atom. The van der Waals surface area contributed by atoms with E-state index in [9.17, 15) is 17.6 Å². The molecule has 0 atom stereocenters. The number of alkyl halides is 3. The molecule has 23 heavy (non-hydrogen) atoms. The molecule has 126 valence electrons. The molecular weight excluding hydrogens is 400 g/mol. The van der Waals surface area contributed by atoms with Gasteiger partial charge in [-0.2, -0.15) is 18.2 Å². The predicted molar refractivity (Wildman–Crippen MR) is 84.4 cm³/mol. The molecule has 0 N–H and O–H groups in total. The summed E-state index contributed by atoms with van der Waals surface area (Å²) in [6.45, 7) is 5.17. The number of rotatable bonds is 2. The van der Waals surface area contributed by atoms with Gasteiger partial charge in [0.25, 0.3) is 0 Å². The Bertz CT molecular complexity index is 759. The van der Waals surface area contributed by atoms with Gasteiger partial charge in [0.15, 0.2) is 11.0 Å². The van der Waals surface area contributed by atoms with Crippen molar-refractivity contribution in [3.05, 3.63) is 21.9 Å². The number of halogens is 5. The maximum absolute atomic E-state index is 14.4. The summed E-state index contributed by atoms with van der Waals surface area (Å²) < 4.78 is 58.6.